The molecule has 2 N–H and O–H groups in total. The van der Waals surface area contributed by atoms with Gasteiger partial charge in [-0.2, -0.15) is 0 Å². The molecule has 0 radical (unpaired) electrons. The Morgan fingerprint density at radius 2 is 2.00 bits per heavy atom. The van der Waals surface area contributed by atoms with E-state index in [1.807, 2.05) is 38.2 Å². The Morgan fingerprint density at radius 1 is 1.28 bits per heavy atom. The second-order valence-corrected chi connectivity index (χ2v) is 5.17. The van der Waals surface area contributed by atoms with Crippen molar-refractivity contribution in [2.45, 2.75) is 13.5 Å². The van der Waals surface area contributed by atoms with Crippen LogP contribution in [0.15, 0.2) is 41.0 Å². The maximum atomic E-state index is 6.06. The molecule has 1 aromatic carbocycles. The van der Waals surface area contributed by atoms with E-state index < -0.39 is 0 Å². The van der Waals surface area contributed by atoms with Crippen molar-refractivity contribution < 1.29 is 0 Å². The van der Waals surface area contributed by atoms with Gasteiger partial charge >= 0.3 is 0 Å². The fourth-order valence-electron chi connectivity index (χ4n) is 1.82. The molecule has 1 heterocycles. The highest BCUT2D eigenvalue weighted by Crippen LogP contribution is 2.25. The van der Waals surface area contributed by atoms with Crippen molar-refractivity contribution in [3.8, 4) is 0 Å². The molecular weight excluding hydrogens is 290 g/mol. The van der Waals surface area contributed by atoms with E-state index in [0.29, 0.717) is 0 Å². The van der Waals surface area contributed by atoms with E-state index in [4.69, 9.17) is 5.73 Å². The molecule has 2 aromatic rings. The van der Waals surface area contributed by atoms with Crippen LogP contribution in [0.1, 0.15) is 11.1 Å². The topological polar surface area (TPSA) is 42.2 Å². The monoisotopic (exact) mass is 305 g/mol. The van der Waals surface area contributed by atoms with Crippen LogP contribution in [0.2, 0.25) is 0 Å². The largest absolute Gasteiger partial charge is 0.396 e. The first-order valence-electron chi connectivity index (χ1n) is 5.75. The van der Waals surface area contributed by atoms with Crippen molar-refractivity contribution in [1.29, 1.82) is 0 Å². The minimum atomic E-state index is 0.743. The number of nitrogens with zero attached hydrogens (tertiary/aromatic N) is 2. The molecular formula is C14H16BrN3. The minimum absolute atomic E-state index is 0.743. The van der Waals surface area contributed by atoms with Crippen molar-refractivity contribution in [3.63, 3.8) is 0 Å². The third-order valence-electron chi connectivity index (χ3n) is 2.91. The lowest BCUT2D eigenvalue weighted by Crippen LogP contribution is -2.19. The van der Waals surface area contributed by atoms with Gasteiger partial charge in [0.15, 0.2) is 5.82 Å². The lowest BCUT2D eigenvalue weighted by molar-refractivity contribution is 0.895. The third-order valence-corrected chi connectivity index (χ3v) is 3.69. The van der Waals surface area contributed by atoms with Gasteiger partial charge < -0.3 is 10.6 Å². The summed E-state index contributed by atoms with van der Waals surface area (Å²) in [5, 5.41) is 0. The van der Waals surface area contributed by atoms with Crippen molar-refractivity contribution in [1.82, 2.24) is 4.98 Å². The molecule has 0 atom stereocenters. The summed E-state index contributed by atoms with van der Waals surface area (Å²) in [6.07, 6.45) is 1.79. The number of nitrogens with two attached hydrogens (primary N) is 1. The van der Waals surface area contributed by atoms with Gasteiger partial charge in [-0.15, -0.1) is 0 Å². The maximum absolute atomic E-state index is 6.06. The zero-order valence-corrected chi connectivity index (χ0v) is 12.1. The minimum Gasteiger partial charge on any atom is -0.396 e. The molecule has 0 unspecified atom stereocenters. The molecule has 0 bridgehead atoms. The number of aryl methyl sites for hydroxylation is 1. The molecule has 0 aliphatic heterocycles. The molecule has 2 rings (SSSR count). The smallest absolute Gasteiger partial charge is 0.152 e. The van der Waals surface area contributed by atoms with Gasteiger partial charge in [-0.25, -0.2) is 4.98 Å². The highest BCUT2D eigenvalue weighted by Gasteiger charge is 2.10. The number of aromatic nitrogens is 1. The summed E-state index contributed by atoms with van der Waals surface area (Å²) >= 11 is 3.55. The summed E-state index contributed by atoms with van der Waals surface area (Å²) in [6, 6.07) is 10.1. The van der Waals surface area contributed by atoms with E-state index in [1.165, 1.54) is 5.56 Å². The zero-order valence-electron chi connectivity index (χ0n) is 10.5. The Balaban J connectivity index is 2.25. The number of nitrogen functional groups attached to an aromatic ring is 1. The molecule has 1 aromatic heterocycles. The Hall–Kier alpha value is -1.55. The van der Waals surface area contributed by atoms with Gasteiger partial charge in [0.05, 0.1) is 5.69 Å². The molecule has 3 nitrogen and oxygen atoms in total. The van der Waals surface area contributed by atoms with Crippen LogP contribution >= 0.6 is 15.9 Å². The van der Waals surface area contributed by atoms with Crippen molar-refractivity contribution >= 4 is 27.4 Å². The second kappa shape index (κ2) is 5.40. The average Bonchev–Trinajstić information content (AvgIpc) is 2.35. The lowest BCUT2D eigenvalue weighted by Gasteiger charge is -2.21. The van der Waals surface area contributed by atoms with Crippen LogP contribution in [-0.4, -0.2) is 12.0 Å². The Kier molecular flexibility index (Phi) is 3.87. The highest BCUT2D eigenvalue weighted by molar-refractivity contribution is 9.10. The molecule has 0 spiro atoms. The van der Waals surface area contributed by atoms with E-state index in [0.717, 1.165) is 28.1 Å². The second-order valence-electron chi connectivity index (χ2n) is 4.31. The highest BCUT2D eigenvalue weighted by atomic mass is 79.9. The van der Waals surface area contributed by atoms with E-state index in [1.54, 1.807) is 6.20 Å². The predicted octanol–water partition coefficient (Wildman–Crippen LogP) is 3.37. The van der Waals surface area contributed by atoms with Crippen molar-refractivity contribution in [2.75, 3.05) is 17.7 Å². The number of anilines is 2. The fourth-order valence-corrected chi connectivity index (χ4v) is 2.23. The molecule has 0 amide bonds. The molecule has 18 heavy (non-hydrogen) atoms. The Morgan fingerprint density at radius 3 is 2.72 bits per heavy atom. The fraction of sp³-hybridized carbons (Fsp3) is 0.214. The number of hydrogen-bond donors (Lipinski definition) is 1. The molecule has 4 heteroatoms. The summed E-state index contributed by atoms with van der Waals surface area (Å²) in [7, 11) is 2.00. The average molecular weight is 306 g/mol. The van der Waals surface area contributed by atoms with Gasteiger partial charge in [-0.05, 0) is 30.2 Å². The van der Waals surface area contributed by atoms with E-state index >= 15 is 0 Å². The SMILES string of the molecule is Cc1ccnc(N(C)Cc2ccccc2Br)c1N. The van der Waals surface area contributed by atoms with Gasteiger partial charge in [0.1, 0.15) is 0 Å². The molecule has 0 saturated heterocycles. The Bertz CT molecular complexity index is 554. The first kappa shape index (κ1) is 12.9. The van der Waals surface area contributed by atoms with Crippen LogP contribution in [0.25, 0.3) is 0 Å². The van der Waals surface area contributed by atoms with Crippen LogP contribution < -0.4 is 10.6 Å². The molecule has 0 aliphatic rings. The van der Waals surface area contributed by atoms with E-state index in [-0.39, 0.29) is 0 Å². The summed E-state index contributed by atoms with van der Waals surface area (Å²) in [6.45, 7) is 2.76. The van der Waals surface area contributed by atoms with Crippen molar-refractivity contribution in [3.05, 3.63) is 52.1 Å². The maximum Gasteiger partial charge on any atom is 0.152 e. The summed E-state index contributed by atoms with van der Waals surface area (Å²) in [4.78, 5) is 6.41. The van der Waals surface area contributed by atoms with E-state index in [9.17, 15) is 0 Å². The molecule has 0 fully saturated rings. The zero-order chi connectivity index (χ0) is 13.1. The number of hydrogen-bond acceptors (Lipinski definition) is 3. The van der Waals surface area contributed by atoms with Crippen LogP contribution in [0.5, 0.6) is 0 Å². The van der Waals surface area contributed by atoms with E-state index in [2.05, 4.69) is 31.9 Å². The van der Waals surface area contributed by atoms with Crippen molar-refractivity contribution in [2.24, 2.45) is 0 Å². The summed E-state index contributed by atoms with van der Waals surface area (Å²) in [5.74, 6) is 0.825. The first-order valence-corrected chi connectivity index (χ1v) is 6.54. The van der Waals surface area contributed by atoms with Gasteiger partial charge in [-0.3, -0.25) is 0 Å². The summed E-state index contributed by atoms with van der Waals surface area (Å²) in [5.41, 5.74) is 9.07. The molecule has 0 aliphatic carbocycles. The number of rotatable bonds is 3. The van der Waals surface area contributed by atoms with Crippen LogP contribution in [-0.2, 0) is 6.54 Å². The normalized spacial score (nSPS) is 10.4. The number of pyridine rings is 1. The van der Waals surface area contributed by atoms with Crippen LogP contribution in [0.4, 0.5) is 11.5 Å². The standard InChI is InChI=1S/C14H16BrN3/c1-10-7-8-17-14(13(10)16)18(2)9-11-5-3-4-6-12(11)15/h3-8H,9,16H2,1-2H3. The first-order chi connectivity index (χ1) is 8.59. The van der Waals surface area contributed by atoms with Gasteiger partial charge in [0, 0.05) is 24.3 Å². The number of halogens is 1. The van der Waals surface area contributed by atoms with Gasteiger partial charge in [-0.1, -0.05) is 34.1 Å². The lowest BCUT2D eigenvalue weighted by atomic mass is 10.2. The summed E-state index contributed by atoms with van der Waals surface area (Å²) < 4.78 is 1.10. The third kappa shape index (κ3) is 2.64. The van der Waals surface area contributed by atoms with Crippen LogP contribution in [0, 0.1) is 6.92 Å². The van der Waals surface area contributed by atoms with Gasteiger partial charge in [0.2, 0.25) is 0 Å². The molecule has 94 valence electrons. The quantitative estimate of drug-likeness (QED) is 0.945. The number of benzene rings is 1. The molecule has 0 saturated carbocycles. The van der Waals surface area contributed by atoms with Gasteiger partial charge in [0.25, 0.3) is 0 Å². The van der Waals surface area contributed by atoms with Crippen LogP contribution in [0.3, 0.4) is 0 Å². The predicted molar refractivity (Wildman–Crippen MR) is 79.6 cm³/mol. The Labute approximate surface area is 116 Å².